The summed E-state index contributed by atoms with van der Waals surface area (Å²) in [5, 5.41) is 2.06. The van der Waals surface area contributed by atoms with Crippen molar-refractivity contribution in [3.8, 4) is 0 Å². The molecule has 0 aliphatic carbocycles. The van der Waals surface area contributed by atoms with Gasteiger partial charge in [-0.1, -0.05) is 0 Å². The van der Waals surface area contributed by atoms with Gasteiger partial charge in [-0.3, -0.25) is 9.36 Å². The highest BCUT2D eigenvalue weighted by Crippen LogP contribution is 2.15. The quantitative estimate of drug-likeness (QED) is 0.607. The smallest absolute Gasteiger partial charge is 0.272 e. The molecule has 0 bridgehead atoms. The summed E-state index contributed by atoms with van der Waals surface area (Å²) in [6.07, 6.45) is 0. The average Bonchev–Trinajstić information content (AvgIpc) is 2.48. The predicted molar refractivity (Wildman–Crippen MR) is 49.9 cm³/mol. The topological polar surface area (TPSA) is 34.9 Å². The zero-order valence-electron chi connectivity index (χ0n) is 6.24. The van der Waals surface area contributed by atoms with E-state index in [1.807, 2.05) is 5.38 Å². The maximum atomic E-state index is 11.5. The molecule has 0 amide bonds. The Balaban J connectivity index is 3.05. The van der Waals surface area contributed by atoms with Gasteiger partial charge in [0.1, 0.15) is 4.70 Å². The summed E-state index contributed by atoms with van der Waals surface area (Å²) in [6.45, 7) is 0. The van der Waals surface area contributed by atoms with Crippen LogP contribution in [0.1, 0.15) is 0 Å². The Bertz CT molecular complexity index is 488. The second kappa shape index (κ2) is 2.57. The zero-order chi connectivity index (χ0) is 8.72. The van der Waals surface area contributed by atoms with Crippen LogP contribution in [0.3, 0.4) is 0 Å². The molecule has 12 heavy (non-hydrogen) atoms. The maximum Gasteiger partial charge on any atom is 0.272 e. The summed E-state index contributed by atoms with van der Waals surface area (Å²) in [6, 6.07) is 1.78. The fraction of sp³-hybridized carbons (Fsp3) is 0.143. The Morgan fingerprint density at radius 3 is 3.17 bits per heavy atom. The number of fused-ring (bicyclic) bond motifs is 1. The SMILES string of the molecule is Cn1c(Cl)nc2ccsc2c1=O. The van der Waals surface area contributed by atoms with Crippen LogP contribution < -0.4 is 5.56 Å². The lowest BCUT2D eigenvalue weighted by atomic mass is 10.5. The summed E-state index contributed by atoms with van der Waals surface area (Å²) < 4.78 is 1.99. The number of rotatable bonds is 0. The van der Waals surface area contributed by atoms with Crippen LogP contribution >= 0.6 is 22.9 Å². The number of thiophene rings is 1. The van der Waals surface area contributed by atoms with E-state index in [0.717, 1.165) is 0 Å². The molecule has 0 spiro atoms. The van der Waals surface area contributed by atoms with Gasteiger partial charge in [-0.05, 0) is 23.0 Å². The van der Waals surface area contributed by atoms with Crippen molar-refractivity contribution in [1.82, 2.24) is 9.55 Å². The van der Waals surface area contributed by atoms with Crippen LogP contribution in [0.2, 0.25) is 5.28 Å². The lowest BCUT2D eigenvalue weighted by Gasteiger charge is -1.98. The highest BCUT2D eigenvalue weighted by Gasteiger charge is 2.06. The van der Waals surface area contributed by atoms with E-state index in [2.05, 4.69) is 4.98 Å². The first kappa shape index (κ1) is 7.76. The van der Waals surface area contributed by atoms with Crippen molar-refractivity contribution in [3.05, 3.63) is 27.1 Å². The molecule has 2 heterocycles. The molecule has 5 heteroatoms. The van der Waals surface area contributed by atoms with Crippen molar-refractivity contribution in [1.29, 1.82) is 0 Å². The van der Waals surface area contributed by atoms with Crippen molar-refractivity contribution < 1.29 is 0 Å². The Hall–Kier alpha value is -0.870. The zero-order valence-corrected chi connectivity index (χ0v) is 7.82. The first-order chi connectivity index (χ1) is 5.70. The molecule has 0 radical (unpaired) electrons. The Kier molecular flexibility index (Phi) is 1.66. The minimum Gasteiger partial charge on any atom is -0.285 e. The van der Waals surface area contributed by atoms with Crippen molar-refractivity contribution in [3.63, 3.8) is 0 Å². The third kappa shape index (κ3) is 0.956. The molecule has 0 aliphatic heterocycles. The van der Waals surface area contributed by atoms with Crippen LogP contribution in [0, 0.1) is 0 Å². The molecule has 0 unspecified atom stereocenters. The standard InChI is InChI=1S/C7H5ClN2OS/c1-10-6(11)5-4(2-3-12-5)9-7(10)8/h2-3H,1H3. The van der Waals surface area contributed by atoms with Gasteiger partial charge >= 0.3 is 0 Å². The number of halogens is 1. The minimum atomic E-state index is -0.0833. The molecular formula is C7H5ClN2OS. The van der Waals surface area contributed by atoms with Gasteiger partial charge in [0.15, 0.2) is 0 Å². The summed E-state index contributed by atoms with van der Waals surface area (Å²) >= 11 is 7.09. The van der Waals surface area contributed by atoms with Crippen LogP contribution in [0.15, 0.2) is 16.2 Å². The van der Waals surface area contributed by atoms with E-state index < -0.39 is 0 Å². The first-order valence-corrected chi connectivity index (χ1v) is 4.55. The van der Waals surface area contributed by atoms with Gasteiger partial charge < -0.3 is 0 Å². The van der Waals surface area contributed by atoms with Gasteiger partial charge in [0, 0.05) is 7.05 Å². The highest BCUT2D eigenvalue weighted by molar-refractivity contribution is 7.17. The molecule has 0 fully saturated rings. The lowest BCUT2D eigenvalue weighted by molar-refractivity contribution is 0.846. The third-order valence-electron chi connectivity index (χ3n) is 1.63. The van der Waals surface area contributed by atoms with Crippen LogP contribution in [-0.4, -0.2) is 9.55 Å². The Morgan fingerprint density at radius 1 is 1.67 bits per heavy atom. The van der Waals surface area contributed by atoms with E-state index in [4.69, 9.17) is 11.6 Å². The van der Waals surface area contributed by atoms with Gasteiger partial charge in [0.2, 0.25) is 5.28 Å². The van der Waals surface area contributed by atoms with Gasteiger partial charge in [-0.25, -0.2) is 4.98 Å². The molecule has 62 valence electrons. The average molecular weight is 201 g/mol. The second-order valence-electron chi connectivity index (χ2n) is 2.38. The molecule has 2 aromatic heterocycles. The van der Waals surface area contributed by atoms with Crippen LogP contribution in [0.5, 0.6) is 0 Å². The fourth-order valence-corrected chi connectivity index (χ4v) is 1.93. The summed E-state index contributed by atoms with van der Waals surface area (Å²) in [5.74, 6) is 0. The van der Waals surface area contributed by atoms with E-state index in [1.54, 1.807) is 13.1 Å². The molecule has 2 rings (SSSR count). The van der Waals surface area contributed by atoms with Crippen LogP contribution in [0.25, 0.3) is 10.2 Å². The molecule has 0 aliphatic rings. The molecule has 0 saturated carbocycles. The molecule has 0 saturated heterocycles. The molecule has 3 nitrogen and oxygen atoms in total. The number of nitrogens with zero attached hydrogens (tertiary/aromatic N) is 2. The van der Waals surface area contributed by atoms with Gasteiger partial charge in [0.25, 0.3) is 5.56 Å². The summed E-state index contributed by atoms with van der Waals surface area (Å²) in [4.78, 5) is 15.5. The van der Waals surface area contributed by atoms with Gasteiger partial charge in [0.05, 0.1) is 5.52 Å². The minimum absolute atomic E-state index is 0.0833. The van der Waals surface area contributed by atoms with E-state index in [9.17, 15) is 4.79 Å². The van der Waals surface area contributed by atoms with E-state index in [0.29, 0.717) is 10.2 Å². The van der Waals surface area contributed by atoms with E-state index in [-0.39, 0.29) is 10.8 Å². The fourth-order valence-electron chi connectivity index (χ4n) is 0.961. The van der Waals surface area contributed by atoms with Gasteiger partial charge in [-0.2, -0.15) is 0 Å². The summed E-state index contributed by atoms with van der Waals surface area (Å²) in [7, 11) is 1.61. The van der Waals surface area contributed by atoms with Crippen molar-refractivity contribution >= 4 is 33.2 Å². The van der Waals surface area contributed by atoms with Crippen molar-refractivity contribution in [2.24, 2.45) is 7.05 Å². The predicted octanol–water partition coefficient (Wildman–Crippen LogP) is 1.65. The highest BCUT2D eigenvalue weighted by atomic mass is 35.5. The van der Waals surface area contributed by atoms with Crippen LogP contribution in [-0.2, 0) is 7.05 Å². The third-order valence-corrected chi connectivity index (χ3v) is 2.86. The number of hydrogen-bond donors (Lipinski definition) is 0. The number of aromatic nitrogens is 2. The van der Waals surface area contributed by atoms with E-state index in [1.165, 1.54) is 15.9 Å². The molecule has 0 atom stereocenters. The normalized spacial score (nSPS) is 10.8. The maximum absolute atomic E-state index is 11.5. The largest absolute Gasteiger partial charge is 0.285 e. The van der Waals surface area contributed by atoms with E-state index >= 15 is 0 Å². The summed E-state index contributed by atoms with van der Waals surface area (Å²) in [5.41, 5.74) is 0.591. The monoisotopic (exact) mass is 200 g/mol. The first-order valence-electron chi connectivity index (χ1n) is 3.30. The van der Waals surface area contributed by atoms with Gasteiger partial charge in [-0.15, -0.1) is 11.3 Å². The molecule has 2 aromatic rings. The second-order valence-corrected chi connectivity index (χ2v) is 3.63. The van der Waals surface area contributed by atoms with Crippen molar-refractivity contribution in [2.45, 2.75) is 0 Å². The molecule has 0 N–H and O–H groups in total. The Labute approximate surface area is 77.2 Å². The molecule has 0 aromatic carbocycles. The van der Waals surface area contributed by atoms with Crippen molar-refractivity contribution in [2.75, 3.05) is 0 Å². The molecular weight excluding hydrogens is 196 g/mol. The van der Waals surface area contributed by atoms with Crippen LogP contribution in [0.4, 0.5) is 0 Å². The lowest BCUT2D eigenvalue weighted by Crippen LogP contribution is -2.17. The number of hydrogen-bond acceptors (Lipinski definition) is 3. The Morgan fingerprint density at radius 2 is 2.42 bits per heavy atom.